The van der Waals surface area contributed by atoms with Gasteiger partial charge in [-0.2, -0.15) is 0 Å². The molecule has 0 heterocycles. The van der Waals surface area contributed by atoms with Crippen LogP contribution in [-0.4, -0.2) is 62.7 Å². The Labute approximate surface area is 89.5 Å². The highest BCUT2D eigenvalue weighted by Gasteiger charge is 1.97. The summed E-state index contributed by atoms with van der Waals surface area (Å²) in [5, 5.41) is 3.47. The second-order valence-corrected chi connectivity index (χ2v) is 3.67. The van der Waals surface area contributed by atoms with Crippen LogP contribution in [0.25, 0.3) is 0 Å². The van der Waals surface area contributed by atoms with E-state index in [-0.39, 0.29) is 0 Å². The minimum absolute atomic E-state index is 1.10. The van der Waals surface area contributed by atoms with E-state index in [4.69, 9.17) is 0 Å². The van der Waals surface area contributed by atoms with Crippen molar-refractivity contribution in [3.63, 3.8) is 0 Å². The Hall–Kier alpha value is -0.120. The van der Waals surface area contributed by atoms with E-state index in [0.29, 0.717) is 0 Å². The average molecular weight is 201 g/mol. The molecule has 0 bridgehead atoms. The number of rotatable bonds is 9. The van der Waals surface area contributed by atoms with E-state index >= 15 is 0 Å². The predicted molar refractivity (Wildman–Crippen MR) is 63.8 cm³/mol. The molecule has 0 radical (unpaired) electrons. The van der Waals surface area contributed by atoms with Crippen LogP contribution in [0, 0.1) is 0 Å². The summed E-state index contributed by atoms with van der Waals surface area (Å²) >= 11 is 0. The first kappa shape index (κ1) is 13.9. The van der Waals surface area contributed by atoms with Crippen LogP contribution in [0.4, 0.5) is 0 Å². The van der Waals surface area contributed by atoms with Gasteiger partial charge in [0.1, 0.15) is 0 Å². The quantitative estimate of drug-likeness (QED) is 0.559. The Balaban J connectivity index is 3.20. The van der Waals surface area contributed by atoms with E-state index in [1.54, 1.807) is 0 Å². The second-order valence-electron chi connectivity index (χ2n) is 3.67. The molecule has 0 aromatic carbocycles. The molecule has 0 aliphatic rings. The van der Waals surface area contributed by atoms with Gasteiger partial charge in [-0.25, -0.2) is 0 Å². The van der Waals surface area contributed by atoms with Gasteiger partial charge in [0.2, 0.25) is 0 Å². The summed E-state index contributed by atoms with van der Waals surface area (Å²) in [6.45, 7) is 14.6. The molecular formula is C11H27N3. The van der Waals surface area contributed by atoms with E-state index in [0.717, 1.165) is 39.3 Å². The fourth-order valence-corrected chi connectivity index (χ4v) is 1.33. The zero-order valence-corrected chi connectivity index (χ0v) is 10.3. The Kier molecular flexibility index (Phi) is 9.35. The molecule has 1 N–H and O–H groups in total. The maximum Gasteiger partial charge on any atom is 0.0107 e. The third kappa shape index (κ3) is 7.30. The molecule has 14 heavy (non-hydrogen) atoms. The lowest BCUT2D eigenvalue weighted by Crippen LogP contribution is -2.35. The van der Waals surface area contributed by atoms with Crippen LogP contribution < -0.4 is 5.32 Å². The summed E-state index contributed by atoms with van der Waals surface area (Å²) in [5.74, 6) is 0. The summed E-state index contributed by atoms with van der Waals surface area (Å²) < 4.78 is 0. The topological polar surface area (TPSA) is 18.5 Å². The van der Waals surface area contributed by atoms with E-state index in [1.165, 1.54) is 6.54 Å². The fourth-order valence-electron chi connectivity index (χ4n) is 1.33. The summed E-state index contributed by atoms with van der Waals surface area (Å²) in [7, 11) is 2.16. The van der Waals surface area contributed by atoms with E-state index in [9.17, 15) is 0 Å². The van der Waals surface area contributed by atoms with E-state index in [1.807, 2.05) is 0 Å². The lowest BCUT2D eigenvalue weighted by Gasteiger charge is -2.19. The number of nitrogens with one attached hydrogen (secondary N) is 1. The number of likely N-dealkylation sites (N-methyl/N-ethyl adjacent to an activating group) is 2. The van der Waals surface area contributed by atoms with Crippen molar-refractivity contribution in [3.05, 3.63) is 0 Å². The van der Waals surface area contributed by atoms with Crippen LogP contribution in [0.3, 0.4) is 0 Å². The van der Waals surface area contributed by atoms with Crippen molar-refractivity contribution in [1.29, 1.82) is 0 Å². The maximum atomic E-state index is 3.47. The van der Waals surface area contributed by atoms with E-state index < -0.39 is 0 Å². The molecule has 0 aromatic rings. The molecular weight excluding hydrogens is 174 g/mol. The smallest absolute Gasteiger partial charge is 0.0107 e. The normalized spacial score (nSPS) is 11.6. The van der Waals surface area contributed by atoms with Gasteiger partial charge < -0.3 is 15.1 Å². The minimum atomic E-state index is 1.10. The van der Waals surface area contributed by atoms with Crippen LogP contribution in [0.2, 0.25) is 0 Å². The zero-order chi connectivity index (χ0) is 10.8. The van der Waals surface area contributed by atoms with Gasteiger partial charge in [0.15, 0.2) is 0 Å². The first-order valence-corrected chi connectivity index (χ1v) is 5.86. The molecule has 3 nitrogen and oxygen atoms in total. The molecule has 0 spiro atoms. The van der Waals surface area contributed by atoms with Gasteiger partial charge in [0, 0.05) is 26.2 Å². The number of hydrogen-bond donors (Lipinski definition) is 1. The van der Waals surface area contributed by atoms with Crippen molar-refractivity contribution in [3.8, 4) is 0 Å². The standard InChI is InChI=1S/C11H27N3/c1-5-13(4)10-8-12-9-11-14(6-2)7-3/h12H,5-11H2,1-4H3. The van der Waals surface area contributed by atoms with Gasteiger partial charge >= 0.3 is 0 Å². The summed E-state index contributed by atoms with van der Waals surface area (Å²) in [4.78, 5) is 4.76. The molecule has 0 saturated heterocycles. The van der Waals surface area contributed by atoms with Crippen molar-refractivity contribution in [2.24, 2.45) is 0 Å². The molecule has 86 valence electrons. The molecule has 0 atom stereocenters. The molecule has 0 aromatic heterocycles. The van der Waals surface area contributed by atoms with Crippen LogP contribution >= 0.6 is 0 Å². The Morgan fingerprint density at radius 1 is 0.857 bits per heavy atom. The van der Waals surface area contributed by atoms with Crippen LogP contribution in [0.15, 0.2) is 0 Å². The molecule has 0 saturated carbocycles. The maximum absolute atomic E-state index is 3.47. The SMILES string of the molecule is CCN(C)CCNCCN(CC)CC. The van der Waals surface area contributed by atoms with Crippen molar-refractivity contribution in [2.75, 3.05) is 52.9 Å². The Bertz CT molecular complexity index is 113. The van der Waals surface area contributed by atoms with Crippen LogP contribution in [0.5, 0.6) is 0 Å². The van der Waals surface area contributed by atoms with E-state index in [2.05, 4.69) is 42.9 Å². The van der Waals surface area contributed by atoms with Crippen molar-refractivity contribution in [1.82, 2.24) is 15.1 Å². The van der Waals surface area contributed by atoms with Crippen LogP contribution in [0.1, 0.15) is 20.8 Å². The fraction of sp³-hybridized carbons (Fsp3) is 1.00. The largest absolute Gasteiger partial charge is 0.314 e. The van der Waals surface area contributed by atoms with Crippen molar-refractivity contribution < 1.29 is 0 Å². The third-order valence-corrected chi connectivity index (χ3v) is 2.71. The monoisotopic (exact) mass is 201 g/mol. The van der Waals surface area contributed by atoms with Gasteiger partial charge in [-0.1, -0.05) is 20.8 Å². The molecule has 0 aliphatic heterocycles. The highest BCUT2D eigenvalue weighted by molar-refractivity contribution is 4.57. The predicted octanol–water partition coefficient (Wildman–Crippen LogP) is 0.870. The first-order chi connectivity index (χ1) is 6.74. The molecule has 0 amide bonds. The summed E-state index contributed by atoms with van der Waals surface area (Å²) in [6, 6.07) is 0. The molecule has 0 unspecified atom stereocenters. The number of nitrogens with zero attached hydrogens (tertiary/aromatic N) is 2. The van der Waals surface area contributed by atoms with Gasteiger partial charge in [-0.15, -0.1) is 0 Å². The van der Waals surface area contributed by atoms with Gasteiger partial charge in [-0.3, -0.25) is 0 Å². The van der Waals surface area contributed by atoms with Gasteiger partial charge in [0.25, 0.3) is 0 Å². The average Bonchev–Trinajstić information content (AvgIpc) is 2.23. The molecule has 0 rings (SSSR count). The Morgan fingerprint density at radius 2 is 1.43 bits per heavy atom. The highest BCUT2D eigenvalue weighted by atomic mass is 15.1. The van der Waals surface area contributed by atoms with Gasteiger partial charge in [-0.05, 0) is 26.7 Å². The Morgan fingerprint density at radius 3 is 1.93 bits per heavy atom. The second kappa shape index (κ2) is 9.44. The highest BCUT2D eigenvalue weighted by Crippen LogP contribution is 1.84. The first-order valence-electron chi connectivity index (χ1n) is 5.86. The van der Waals surface area contributed by atoms with Crippen molar-refractivity contribution in [2.45, 2.75) is 20.8 Å². The van der Waals surface area contributed by atoms with Gasteiger partial charge in [0.05, 0.1) is 0 Å². The minimum Gasteiger partial charge on any atom is -0.314 e. The zero-order valence-electron chi connectivity index (χ0n) is 10.3. The summed E-state index contributed by atoms with van der Waals surface area (Å²) in [6.07, 6.45) is 0. The molecule has 3 heteroatoms. The van der Waals surface area contributed by atoms with Crippen LogP contribution in [-0.2, 0) is 0 Å². The lowest BCUT2D eigenvalue weighted by atomic mass is 10.4. The molecule has 0 fully saturated rings. The number of hydrogen-bond acceptors (Lipinski definition) is 3. The molecule has 0 aliphatic carbocycles. The third-order valence-electron chi connectivity index (χ3n) is 2.71. The van der Waals surface area contributed by atoms with Crippen molar-refractivity contribution >= 4 is 0 Å². The summed E-state index contributed by atoms with van der Waals surface area (Å²) in [5.41, 5.74) is 0. The lowest BCUT2D eigenvalue weighted by molar-refractivity contribution is 0.295.